The van der Waals surface area contributed by atoms with E-state index in [4.69, 9.17) is 16.3 Å². The van der Waals surface area contributed by atoms with Crippen molar-refractivity contribution in [3.05, 3.63) is 35.4 Å². The molecule has 2 aliphatic rings. The highest BCUT2D eigenvalue weighted by molar-refractivity contribution is 7.99. The fraction of sp³-hybridized carbons (Fsp3) is 0.731. The van der Waals surface area contributed by atoms with Crippen molar-refractivity contribution in [2.75, 3.05) is 12.8 Å². The van der Waals surface area contributed by atoms with Gasteiger partial charge in [-0.3, -0.25) is 4.79 Å². The van der Waals surface area contributed by atoms with Crippen LogP contribution in [-0.4, -0.2) is 81.3 Å². The van der Waals surface area contributed by atoms with Gasteiger partial charge in [-0.25, -0.2) is 8.78 Å². The Kier molecular flexibility index (Phi) is 11.9. The first-order valence-electron chi connectivity index (χ1n) is 13.0. The molecule has 0 spiro atoms. The van der Waals surface area contributed by atoms with E-state index in [0.29, 0.717) is 25.3 Å². The number of aliphatic hydroxyl groups excluding tert-OH is 3. The van der Waals surface area contributed by atoms with Gasteiger partial charge in [-0.1, -0.05) is 18.9 Å². The van der Waals surface area contributed by atoms with E-state index in [9.17, 15) is 28.9 Å². The smallest absolute Gasteiger partial charge is 0.237 e. The number of unbranched alkanes of at least 4 members (excludes halogenated alkanes) is 1. The Hall–Kier alpha value is -1.01. The molecule has 0 aromatic heterocycles. The van der Waals surface area contributed by atoms with Crippen LogP contribution in [0.4, 0.5) is 8.78 Å². The molecule has 1 aromatic carbocycles. The second kappa shape index (κ2) is 14.4. The molecule has 2 heterocycles. The Morgan fingerprint density at radius 3 is 2.59 bits per heavy atom. The summed E-state index contributed by atoms with van der Waals surface area (Å²) in [5.74, 6) is -1.43. The molecule has 2 aliphatic heterocycles. The summed E-state index contributed by atoms with van der Waals surface area (Å²) in [4.78, 5) is 13.1. The molecular formula is C26H39ClF2N2O5S. The average Bonchev–Trinajstić information content (AvgIpc) is 3.12. The van der Waals surface area contributed by atoms with Crippen molar-refractivity contribution in [3.8, 4) is 0 Å². The van der Waals surface area contributed by atoms with Crippen molar-refractivity contribution in [3.63, 3.8) is 0 Å². The second-order valence-corrected chi connectivity index (χ2v) is 11.7. The zero-order valence-corrected chi connectivity index (χ0v) is 22.9. The summed E-state index contributed by atoms with van der Waals surface area (Å²) >= 11 is 7.58. The number of amides is 1. The minimum Gasteiger partial charge on any atom is -0.388 e. The number of benzene rings is 1. The molecule has 2 fully saturated rings. The van der Waals surface area contributed by atoms with E-state index in [1.165, 1.54) is 17.8 Å². The summed E-state index contributed by atoms with van der Waals surface area (Å²) in [6.07, 6.45) is 2.70. The van der Waals surface area contributed by atoms with E-state index in [1.54, 1.807) is 19.2 Å². The van der Waals surface area contributed by atoms with Gasteiger partial charge < -0.3 is 30.7 Å². The van der Waals surface area contributed by atoms with Crippen molar-refractivity contribution in [1.29, 1.82) is 0 Å². The van der Waals surface area contributed by atoms with E-state index < -0.39 is 58.9 Å². The van der Waals surface area contributed by atoms with E-state index in [2.05, 4.69) is 10.6 Å². The summed E-state index contributed by atoms with van der Waals surface area (Å²) in [5.41, 5.74) is 0.0382. The summed E-state index contributed by atoms with van der Waals surface area (Å²) in [6.45, 7) is 2.38. The van der Waals surface area contributed by atoms with Gasteiger partial charge in [0.2, 0.25) is 5.91 Å². The number of hydrogen-bond acceptors (Lipinski definition) is 7. The highest BCUT2D eigenvalue weighted by Crippen LogP contribution is 2.30. The number of halogens is 3. The monoisotopic (exact) mass is 564 g/mol. The standard InChI is InChI=1S/C26H39ClF2N2O5S/c1-14(27)20(24-22(33)21(32)23(34)26(36-24)37-2)31-25(35)19-10-8-15(11-12-30-19)5-3-4-6-16-7-9-17(28)18(29)13-16/h7,9,13-15,19-24,26,30,32-34H,3-6,8,10-12H2,1-2H3,(H,31,35)/t14-,15-,19-,20+,21?,22?,23+,24+,26?/m0/s1. The van der Waals surface area contributed by atoms with Gasteiger partial charge in [0.25, 0.3) is 0 Å². The Balaban J connectivity index is 1.48. The zero-order chi connectivity index (χ0) is 27.1. The molecule has 0 bridgehead atoms. The Morgan fingerprint density at radius 1 is 1.16 bits per heavy atom. The van der Waals surface area contributed by atoms with Crippen molar-refractivity contribution in [2.24, 2.45) is 5.92 Å². The quantitative estimate of drug-likeness (QED) is 0.219. The third-order valence-corrected chi connectivity index (χ3v) is 8.56. The van der Waals surface area contributed by atoms with Crippen molar-refractivity contribution < 1.29 is 33.6 Å². The minimum absolute atomic E-state index is 0.242. The highest BCUT2D eigenvalue weighted by Gasteiger charge is 2.48. The van der Waals surface area contributed by atoms with Gasteiger partial charge in [-0.15, -0.1) is 23.4 Å². The normalized spacial score (nSPS) is 32.4. The Bertz CT molecular complexity index is 883. The molecule has 2 saturated heterocycles. The van der Waals surface area contributed by atoms with Gasteiger partial charge in [0.1, 0.15) is 29.9 Å². The molecule has 1 aromatic rings. The van der Waals surface area contributed by atoms with E-state index in [1.807, 2.05) is 0 Å². The first kappa shape index (κ1) is 30.5. The first-order chi connectivity index (χ1) is 17.6. The van der Waals surface area contributed by atoms with Crippen LogP contribution in [-0.2, 0) is 16.0 Å². The van der Waals surface area contributed by atoms with E-state index in [-0.39, 0.29) is 5.91 Å². The number of aliphatic hydroxyl groups is 3. The van der Waals surface area contributed by atoms with Crippen LogP contribution in [0.3, 0.4) is 0 Å². The van der Waals surface area contributed by atoms with Gasteiger partial charge in [0.05, 0.1) is 17.5 Å². The highest BCUT2D eigenvalue weighted by atomic mass is 35.5. The van der Waals surface area contributed by atoms with E-state index >= 15 is 0 Å². The van der Waals surface area contributed by atoms with E-state index in [0.717, 1.165) is 43.7 Å². The average molecular weight is 565 g/mol. The molecule has 0 radical (unpaired) electrons. The van der Waals surface area contributed by atoms with Crippen LogP contribution < -0.4 is 10.6 Å². The van der Waals surface area contributed by atoms with Crippen LogP contribution in [0.15, 0.2) is 18.2 Å². The maximum absolute atomic E-state index is 13.4. The topological polar surface area (TPSA) is 111 Å². The van der Waals surface area contributed by atoms with Gasteiger partial charge in [0.15, 0.2) is 11.6 Å². The number of carbonyl (C=O) groups excluding carboxylic acids is 1. The fourth-order valence-electron chi connectivity index (χ4n) is 5.17. The number of nitrogens with one attached hydrogen (secondary N) is 2. The molecule has 0 saturated carbocycles. The zero-order valence-electron chi connectivity index (χ0n) is 21.3. The third kappa shape index (κ3) is 8.24. The molecule has 5 N–H and O–H groups in total. The number of carbonyl (C=O) groups is 1. The molecule has 3 rings (SSSR count). The molecular weight excluding hydrogens is 526 g/mol. The molecule has 0 aliphatic carbocycles. The number of rotatable bonds is 10. The lowest BCUT2D eigenvalue weighted by atomic mass is 9.91. The number of ether oxygens (including phenoxy) is 1. The van der Waals surface area contributed by atoms with Gasteiger partial charge in [0, 0.05) is 0 Å². The predicted molar refractivity (Wildman–Crippen MR) is 140 cm³/mol. The molecule has 3 unspecified atom stereocenters. The Labute approximate surface area is 226 Å². The SMILES string of the molecule is CSC1O[C@H]([C@H](NC(=O)[C@@H]2CC[C@H](CCCCc3ccc(F)c(F)c3)CCN2)[C@H](C)Cl)C(O)C(O)[C@H]1O. The molecule has 37 heavy (non-hydrogen) atoms. The minimum atomic E-state index is -1.41. The molecule has 210 valence electrons. The summed E-state index contributed by atoms with van der Waals surface area (Å²) in [7, 11) is 0. The summed E-state index contributed by atoms with van der Waals surface area (Å²) < 4.78 is 32.3. The predicted octanol–water partition coefficient (Wildman–Crippen LogP) is 2.72. The second-order valence-electron chi connectivity index (χ2n) is 10.1. The van der Waals surface area contributed by atoms with Crippen LogP contribution in [0, 0.1) is 17.6 Å². The molecule has 9 atom stereocenters. The van der Waals surface area contributed by atoms with Crippen LogP contribution in [0.25, 0.3) is 0 Å². The molecule has 7 nitrogen and oxygen atoms in total. The van der Waals surface area contributed by atoms with Gasteiger partial charge >= 0.3 is 0 Å². The number of hydrogen-bond donors (Lipinski definition) is 5. The summed E-state index contributed by atoms with van der Waals surface area (Å²) in [6, 6.07) is 2.85. The van der Waals surface area contributed by atoms with Crippen molar-refractivity contribution in [2.45, 2.75) is 99.2 Å². The van der Waals surface area contributed by atoms with Gasteiger partial charge in [-0.05, 0) is 75.4 Å². The third-order valence-electron chi connectivity index (χ3n) is 7.43. The van der Waals surface area contributed by atoms with Gasteiger partial charge in [-0.2, -0.15) is 0 Å². The fourth-order valence-corrected chi connectivity index (χ4v) is 6.05. The maximum Gasteiger partial charge on any atom is 0.237 e. The number of alkyl halides is 1. The maximum atomic E-state index is 13.4. The lowest BCUT2D eigenvalue weighted by Crippen LogP contribution is -2.65. The lowest BCUT2D eigenvalue weighted by Gasteiger charge is -2.44. The van der Waals surface area contributed by atoms with Crippen LogP contribution in [0.2, 0.25) is 0 Å². The Morgan fingerprint density at radius 2 is 1.92 bits per heavy atom. The van der Waals surface area contributed by atoms with Crippen molar-refractivity contribution >= 4 is 29.3 Å². The van der Waals surface area contributed by atoms with Crippen molar-refractivity contribution in [1.82, 2.24) is 10.6 Å². The number of thioether (sulfide) groups is 1. The van der Waals surface area contributed by atoms with Crippen LogP contribution >= 0.6 is 23.4 Å². The molecule has 1 amide bonds. The first-order valence-corrected chi connectivity index (χ1v) is 14.7. The largest absolute Gasteiger partial charge is 0.388 e. The van der Waals surface area contributed by atoms with Crippen LogP contribution in [0.1, 0.15) is 51.0 Å². The van der Waals surface area contributed by atoms with Crippen LogP contribution in [0.5, 0.6) is 0 Å². The molecule has 11 heteroatoms. The number of aryl methyl sites for hydroxylation is 1. The summed E-state index contributed by atoms with van der Waals surface area (Å²) in [5, 5.41) is 36.6. The lowest BCUT2D eigenvalue weighted by molar-refractivity contribution is -0.205.